The van der Waals surface area contributed by atoms with Crippen molar-refractivity contribution in [2.24, 2.45) is 0 Å². The lowest BCUT2D eigenvalue weighted by atomic mass is 10.2. The summed E-state index contributed by atoms with van der Waals surface area (Å²) in [4.78, 5) is 17.1. The van der Waals surface area contributed by atoms with Crippen molar-refractivity contribution in [2.75, 3.05) is 25.0 Å². The lowest BCUT2D eigenvalue weighted by Gasteiger charge is -2.28. The maximum Gasteiger partial charge on any atom is 0.322 e. The molecule has 5 heteroatoms. The van der Waals surface area contributed by atoms with Crippen LogP contribution in [-0.4, -0.2) is 41.5 Å². The first-order chi connectivity index (χ1) is 12.2. The highest BCUT2D eigenvalue weighted by molar-refractivity contribution is 14.1. The number of carbonyl (C=O) groups excluding carboxylic acids is 1. The number of benzene rings is 2. The second-order valence-corrected chi connectivity index (χ2v) is 7.63. The Hall–Kier alpha value is -1.60. The molecule has 0 radical (unpaired) electrons. The fourth-order valence-corrected chi connectivity index (χ4v) is 3.71. The zero-order chi connectivity index (χ0) is 17.6. The summed E-state index contributed by atoms with van der Waals surface area (Å²) in [7, 11) is 0. The van der Waals surface area contributed by atoms with Crippen molar-refractivity contribution in [3.63, 3.8) is 0 Å². The van der Waals surface area contributed by atoms with Crippen LogP contribution in [-0.2, 0) is 6.54 Å². The van der Waals surface area contributed by atoms with Crippen LogP contribution >= 0.6 is 22.6 Å². The molecule has 1 fully saturated rings. The topological polar surface area (TPSA) is 35.6 Å². The third-order valence-electron chi connectivity index (χ3n) is 4.63. The molecule has 0 bridgehead atoms. The number of nitrogens with one attached hydrogen (secondary N) is 1. The molecule has 3 rings (SSSR count). The number of halogens is 1. The standard InChI is InChI=1S/C20H24IN3O/c1-2-24(20(25)22-18-10-8-17(21)9-11-18)19-12-13-23(15-19)14-16-6-4-3-5-7-16/h3-11,19H,2,12-15H2,1H3,(H,22,25). The first-order valence-electron chi connectivity index (χ1n) is 8.75. The summed E-state index contributed by atoms with van der Waals surface area (Å²) in [6, 6.07) is 18.7. The van der Waals surface area contributed by atoms with Gasteiger partial charge in [0.1, 0.15) is 0 Å². The number of anilines is 1. The van der Waals surface area contributed by atoms with Gasteiger partial charge in [0.25, 0.3) is 0 Å². The predicted molar refractivity (Wildman–Crippen MR) is 111 cm³/mol. The van der Waals surface area contributed by atoms with Crippen LogP contribution < -0.4 is 5.32 Å². The number of urea groups is 1. The number of carbonyl (C=O) groups is 1. The Morgan fingerprint density at radius 2 is 1.92 bits per heavy atom. The Morgan fingerprint density at radius 3 is 2.60 bits per heavy atom. The highest BCUT2D eigenvalue weighted by atomic mass is 127. The van der Waals surface area contributed by atoms with Gasteiger partial charge in [0.2, 0.25) is 0 Å². The molecule has 1 aliphatic heterocycles. The second-order valence-electron chi connectivity index (χ2n) is 6.39. The third-order valence-corrected chi connectivity index (χ3v) is 5.35. The van der Waals surface area contributed by atoms with Gasteiger partial charge in [0, 0.05) is 41.5 Å². The molecule has 1 unspecified atom stereocenters. The monoisotopic (exact) mass is 449 g/mol. The summed E-state index contributed by atoms with van der Waals surface area (Å²) in [6.07, 6.45) is 1.03. The molecule has 0 spiro atoms. The number of amides is 2. The van der Waals surface area contributed by atoms with Gasteiger partial charge in [-0.3, -0.25) is 4.90 Å². The summed E-state index contributed by atoms with van der Waals surface area (Å²) < 4.78 is 1.16. The maximum absolute atomic E-state index is 12.7. The Labute approximate surface area is 163 Å². The summed E-state index contributed by atoms with van der Waals surface area (Å²) >= 11 is 2.26. The fourth-order valence-electron chi connectivity index (χ4n) is 3.35. The van der Waals surface area contributed by atoms with Gasteiger partial charge in [-0.25, -0.2) is 4.79 Å². The van der Waals surface area contributed by atoms with E-state index < -0.39 is 0 Å². The van der Waals surface area contributed by atoms with E-state index in [2.05, 4.69) is 57.1 Å². The van der Waals surface area contributed by atoms with Crippen molar-refractivity contribution in [1.29, 1.82) is 0 Å². The van der Waals surface area contributed by atoms with Gasteiger partial charge < -0.3 is 10.2 Å². The maximum atomic E-state index is 12.7. The van der Waals surface area contributed by atoms with E-state index in [9.17, 15) is 4.79 Å². The van der Waals surface area contributed by atoms with E-state index in [1.165, 1.54) is 5.56 Å². The van der Waals surface area contributed by atoms with Gasteiger partial charge >= 0.3 is 6.03 Å². The van der Waals surface area contributed by atoms with Crippen molar-refractivity contribution in [1.82, 2.24) is 9.80 Å². The average molecular weight is 449 g/mol. The van der Waals surface area contributed by atoms with Crippen LogP contribution in [0.2, 0.25) is 0 Å². The molecular formula is C20H24IN3O. The summed E-state index contributed by atoms with van der Waals surface area (Å²) in [5.41, 5.74) is 2.18. The van der Waals surface area contributed by atoms with Crippen molar-refractivity contribution >= 4 is 34.3 Å². The normalized spacial score (nSPS) is 17.4. The Morgan fingerprint density at radius 1 is 1.20 bits per heavy atom. The molecule has 1 N–H and O–H groups in total. The fraction of sp³-hybridized carbons (Fsp3) is 0.350. The van der Waals surface area contributed by atoms with E-state index in [4.69, 9.17) is 0 Å². The van der Waals surface area contributed by atoms with Gasteiger partial charge in [0.05, 0.1) is 0 Å². The van der Waals surface area contributed by atoms with E-state index >= 15 is 0 Å². The van der Waals surface area contributed by atoms with E-state index in [0.717, 1.165) is 41.9 Å². The highest BCUT2D eigenvalue weighted by Crippen LogP contribution is 2.19. The summed E-state index contributed by atoms with van der Waals surface area (Å²) in [6.45, 7) is 5.69. The van der Waals surface area contributed by atoms with Crippen LogP contribution in [0.1, 0.15) is 18.9 Å². The molecule has 0 aliphatic carbocycles. The minimum atomic E-state index is -0.00438. The first-order valence-corrected chi connectivity index (χ1v) is 9.83. The summed E-state index contributed by atoms with van der Waals surface area (Å²) in [5.74, 6) is 0. The van der Waals surface area contributed by atoms with Crippen LogP contribution in [0.4, 0.5) is 10.5 Å². The predicted octanol–water partition coefficient (Wildman–Crippen LogP) is 4.42. The molecule has 1 atom stereocenters. The average Bonchev–Trinajstić information content (AvgIpc) is 3.06. The molecule has 0 saturated carbocycles. The lowest BCUT2D eigenvalue weighted by molar-refractivity contribution is 0.189. The molecule has 0 aromatic heterocycles. The second kappa shape index (κ2) is 8.67. The smallest absolute Gasteiger partial charge is 0.320 e. The third kappa shape index (κ3) is 4.95. The molecule has 1 heterocycles. The molecule has 1 saturated heterocycles. The molecule has 2 amide bonds. The molecule has 25 heavy (non-hydrogen) atoms. The molecule has 2 aromatic carbocycles. The SMILES string of the molecule is CCN(C(=O)Nc1ccc(I)cc1)C1CCN(Cc2ccccc2)C1. The molecular weight excluding hydrogens is 425 g/mol. The first kappa shape index (κ1) is 18.2. The van der Waals surface area contributed by atoms with Crippen molar-refractivity contribution in [2.45, 2.75) is 25.9 Å². The van der Waals surface area contributed by atoms with Crippen LogP contribution in [0.25, 0.3) is 0 Å². The zero-order valence-corrected chi connectivity index (χ0v) is 16.6. The van der Waals surface area contributed by atoms with Crippen molar-refractivity contribution in [3.8, 4) is 0 Å². The van der Waals surface area contributed by atoms with E-state index in [1.807, 2.05) is 42.2 Å². The van der Waals surface area contributed by atoms with Gasteiger partial charge in [0.15, 0.2) is 0 Å². The molecule has 4 nitrogen and oxygen atoms in total. The lowest BCUT2D eigenvalue weighted by Crippen LogP contribution is -2.44. The molecule has 132 valence electrons. The molecule has 1 aliphatic rings. The number of hydrogen-bond acceptors (Lipinski definition) is 2. The van der Waals surface area contributed by atoms with E-state index in [1.54, 1.807) is 0 Å². The minimum absolute atomic E-state index is 0.00438. The van der Waals surface area contributed by atoms with Gasteiger partial charge in [-0.15, -0.1) is 0 Å². The Balaban J connectivity index is 1.57. The zero-order valence-electron chi connectivity index (χ0n) is 14.5. The minimum Gasteiger partial charge on any atom is -0.320 e. The number of hydrogen-bond donors (Lipinski definition) is 1. The van der Waals surface area contributed by atoms with Gasteiger partial charge in [-0.2, -0.15) is 0 Å². The highest BCUT2D eigenvalue weighted by Gasteiger charge is 2.29. The number of likely N-dealkylation sites (N-methyl/N-ethyl adjacent to an activating group) is 1. The Bertz CT molecular complexity index is 690. The van der Waals surface area contributed by atoms with E-state index in [-0.39, 0.29) is 12.1 Å². The van der Waals surface area contributed by atoms with Crippen molar-refractivity contribution < 1.29 is 4.79 Å². The number of likely N-dealkylation sites (tertiary alicyclic amines) is 1. The van der Waals surface area contributed by atoms with Crippen LogP contribution in [0.3, 0.4) is 0 Å². The largest absolute Gasteiger partial charge is 0.322 e. The van der Waals surface area contributed by atoms with Gasteiger partial charge in [-0.1, -0.05) is 30.3 Å². The van der Waals surface area contributed by atoms with Crippen molar-refractivity contribution in [3.05, 3.63) is 63.7 Å². The van der Waals surface area contributed by atoms with Crippen LogP contribution in [0.15, 0.2) is 54.6 Å². The van der Waals surface area contributed by atoms with Gasteiger partial charge in [-0.05, 0) is 65.8 Å². The Kier molecular flexibility index (Phi) is 6.31. The van der Waals surface area contributed by atoms with Crippen LogP contribution in [0, 0.1) is 3.57 Å². The van der Waals surface area contributed by atoms with Crippen LogP contribution in [0.5, 0.6) is 0 Å². The number of nitrogens with zero attached hydrogens (tertiary/aromatic N) is 2. The van der Waals surface area contributed by atoms with E-state index in [0.29, 0.717) is 0 Å². The number of rotatable bonds is 5. The molecule has 2 aromatic rings. The quantitative estimate of drug-likeness (QED) is 0.687. The summed E-state index contributed by atoms with van der Waals surface area (Å²) in [5, 5.41) is 3.03.